The van der Waals surface area contributed by atoms with Crippen molar-refractivity contribution in [2.75, 3.05) is 5.32 Å². The molecule has 0 unspecified atom stereocenters. The molecule has 3 N–H and O–H groups in total. The van der Waals surface area contributed by atoms with Gasteiger partial charge in [0, 0.05) is 41.8 Å². The van der Waals surface area contributed by atoms with Crippen molar-refractivity contribution in [2.45, 2.75) is 44.4 Å². The molecule has 0 bridgehead atoms. The van der Waals surface area contributed by atoms with Crippen LogP contribution < -0.4 is 10.6 Å². The van der Waals surface area contributed by atoms with Crippen LogP contribution >= 0.6 is 0 Å². The Labute approximate surface area is 212 Å². The van der Waals surface area contributed by atoms with Crippen molar-refractivity contribution in [2.24, 2.45) is 4.99 Å². The van der Waals surface area contributed by atoms with Crippen molar-refractivity contribution < 1.29 is 13.2 Å². The number of aromatic nitrogens is 4. The van der Waals surface area contributed by atoms with Crippen LogP contribution in [-0.4, -0.2) is 32.9 Å². The maximum atomic E-state index is 13.4. The minimum Gasteiger partial charge on any atom is -0.382 e. The maximum Gasteiger partial charge on any atom is 0.417 e. The van der Waals surface area contributed by atoms with Crippen molar-refractivity contribution in [3.05, 3.63) is 72.1 Å². The Bertz CT molecular complexity index is 1430. The van der Waals surface area contributed by atoms with E-state index in [1.165, 1.54) is 0 Å². The smallest absolute Gasteiger partial charge is 0.382 e. The van der Waals surface area contributed by atoms with Crippen LogP contribution in [0.5, 0.6) is 0 Å². The average molecular weight is 506 g/mol. The zero-order chi connectivity index (χ0) is 26.0. The molecular weight excluding hydrogens is 479 g/mol. The fourth-order valence-electron chi connectivity index (χ4n) is 4.55. The number of rotatable bonds is 8. The van der Waals surface area contributed by atoms with E-state index < -0.39 is 11.7 Å². The van der Waals surface area contributed by atoms with Crippen molar-refractivity contribution >= 4 is 35.1 Å². The number of benzene rings is 1. The predicted molar refractivity (Wildman–Crippen MR) is 140 cm³/mol. The first-order valence-corrected chi connectivity index (χ1v) is 12.0. The van der Waals surface area contributed by atoms with Crippen molar-refractivity contribution in [1.29, 1.82) is 0 Å². The molecule has 190 valence electrons. The number of nitrogens with zero attached hydrogens (tertiary/aromatic N) is 4. The minimum atomic E-state index is -4.49. The summed E-state index contributed by atoms with van der Waals surface area (Å²) in [7, 11) is 0. The molecule has 1 fully saturated rings. The molecule has 0 aliphatic heterocycles. The number of halogens is 3. The van der Waals surface area contributed by atoms with Gasteiger partial charge in [-0.2, -0.15) is 18.3 Å². The number of pyridine rings is 2. The predicted octanol–water partition coefficient (Wildman–Crippen LogP) is 6.49. The van der Waals surface area contributed by atoms with Gasteiger partial charge in [0.15, 0.2) is 11.5 Å². The second kappa shape index (κ2) is 10.0. The topological polar surface area (TPSA) is 90.9 Å². The molecule has 5 rings (SSSR count). The number of aliphatic imine (C=N–C) groups is 1. The van der Waals surface area contributed by atoms with Gasteiger partial charge in [0.2, 0.25) is 0 Å². The molecule has 1 aliphatic rings. The van der Waals surface area contributed by atoms with Gasteiger partial charge in [0.25, 0.3) is 0 Å². The number of H-pyrrole nitrogens is 1. The molecule has 0 spiro atoms. The zero-order valence-electron chi connectivity index (χ0n) is 20.1. The van der Waals surface area contributed by atoms with Crippen LogP contribution in [0.1, 0.15) is 42.4 Å². The van der Waals surface area contributed by atoms with E-state index in [1.54, 1.807) is 6.20 Å². The lowest BCUT2D eigenvalue weighted by atomic mass is 10.0. The van der Waals surface area contributed by atoms with E-state index in [2.05, 4.69) is 49.1 Å². The number of anilines is 1. The molecule has 37 heavy (non-hydrogen) atoms. The summed E-state index contributed by atoms with van der Waals surface area (Å²) < 4.78 is 40.1. The van der Waals surface area contributed by atoms with Crippen LogP contribution in [0, 0.1) is 0 Å². The van der Waals surface area contributed by atoms with E-state index in [4.69, 9.17) is 0 Å². The lowest BCUT2D eigenvalue weighted by Gasteiger charge is -2.20. The second-order valence-electron chi connectivity index (χ2n) is 9.10. The van der Waals surface area contributed by atoms with E-state index >= 15 is 0 Å². The van der Waals surface area contributed by atoms with Gasteiger partial charge in [0.1, 0.15) is 5.82 Å². The van der Waals surface area contributed by atoms with Gasteiger partial charge in [-0.15, -0.1) is 0 Å². The highest BCUT2D eigenvalue weighted by Crippen LogP contribution is 2.33. The number of aromatic amines is 1. The zero-order valence-corrected chi connectivity index (χ0v) is 20.1. The van der Waals surface area contributed by atoms with Crippen LogP contribution in [0.15, 0.2) is 60.4 Å². The van der Waals surface area contributed by atoms with E-state index in [0.29, 0.717) is 35.1 Å². The van der Waals surface area contributed by atoms with Gasteiger partial charge in [-0.1, -0.05) is 43.7 Å². The van der Waals surface area contributed by atoms with E-state index in [1.807, 2.05) is 30.3 Å². The molecule has 0 amide bonds. The van der Waals surface area contributed by atoms with E-state index in [9.17, 15) is 13.2 Å². The molecule has 3 aromatic heterocycles. The largest absolute Gasteiger partial charge is 0.417 e. The van der Waals surface area contributed by atoms with Crippen molar-refractivity contribution in [3.8, 4) is 11.1 Å². The Kier molecular flexibility index (Phi) is 6.64. The summed E-state index contributed by atoms with van der Waals surface area (Å²) in [5, 5.41) is 14.2. The maximum absolute atomic E-state index is 13.4. The van der Waals surface area contributed by atoms with Crippen LogP contribution in [-0.2, 0) is 12.7 Å². The molecule has 0 saturated heterocycles. The second-order valence-corrected chi connectivity index (χ2v) is 9.10. The molecule has 10 heteroatoms. The van der Waals surface area contributed by atoms with Crippen LogP contribution in [0.4, 0.5) is 24.8 Å². The summed E-state index contributed by atoms with van der Waals surface area (Å²) in [6, 6.07) is 11.1. The van der Waals surface area contributed by atoms with Gasteiger partial charge < -0.3 is 10.6 Å². The average Bonchev–Trinajstić information content (AvgIpc) is 3.56. The normalized spacial score (nSPS) is 14.1. The van der Waals surface area contributed by atoms with E-state index in [0.717, 1.165) is 60.0 Å². The van der Waals surface area contributed by atoms with Crippen LogP contribution in [0.2, 0.25) is 0 Å². The van der Waals surface area contributed by atoms with Crippen LogP contribution in [0.3, 0.4) is 0 Å². The molecular formula is C27H26F3N7. The minimum absolute atomic E-state index is 0.219. The lowest BCUT2D eigenvalue weighted by Crippen LogP contribution is -2.25. The van der Waals surface area contributed by atoms with Gasteiger partial charge in [-0.3, -0.25) is 5.10 Å². The molecule has 1 aromatic carbocycles. The molecule has 3 heterocycles. The van der Waals surface area contributed by atoms with Crippen LogP contribution in [0.25, 0.3) is 27.9 Å². The summed E-state index contributed by atoms with van der Waals surface area (Å²) in [5.74, 6) is 0.848. The summed E-state index contributed by atoms with van der Waals surface area (Å²) in [6.07, 6.45) is 2.28. The summed E-state index contributed by atoms with van der Waals surface area (Å²) >= 11 is 0. The Balaban J connectivity index is 1.33. The van der Waals surface area contributed by atoms with E-state index in [-0.39, 0.29) is 6.04 Å². The number of hydrogen-bond donors (Lipinski definition) is 3. The van der Waals surface area contributed by atoms with Crippen molar-refractivity contribution in [3.63, 3.8) is 0 Å². The summed E-state index contributed by atoms with van der Waals surface area (Å²) in [4.78, 5) is 12.4. The lowest BCUT2D eigenvalue weighted by molar-refractivity contribution is -0.137. The Morgan fingerprint density at radius 2 is 1.81 bits per heavy atom. The first kappa shape index (κ1) is 24.5. The SMILES string of the molecule is C=Nc1n[nH]c2ncc(-c3ccc(CNc4ncc(C(F)(F)F)cc4C(=C)NC4CCCC4)cc3)cc12. The van der Waals surface area contributed by atoms with Gasteiger partial charge in [-0.05, 0) is 42.8 Å². The molecule has 0 radical (unpaired) electrons. The Morgan fingerprint density at radius 3 is 2.51 bits per heavy atom. The third-order valence-corrected chi connectivity index (χ3v) is 6.57. The molecule has 1 aliphatic carbocycles. The quantitative estimate of drug-likeness (QED) is 0.238. The fraction of sp³-hybridized carbons (Fsp3) is 0.259. The third kappa shape index (κ3) is 5.32. The summed E-state index contributed by atoms with van der Waals surface area (Å²) in [6.45, 7) is 7.94. The Hall–Kier alpha value is -4.21. The first-order chi connectivity index (χ1) is 17.8. The van der Waals surface area contributed by atoms with Gasteiger partial charge in [0.05, 0.1) is 10.9 Å². The van der Waals surface area contributed by atoms with Gasteiger partial charge >= 0.3 is 6.18 Å². The highest BCUT2D eigenvalue weighted by atomic mass is 19.4. The number of nitrogens with one attached hydrogen (secondary N) is 3. The fourth-order valence-corrected chi connectivity index (χ4v) is 4.55. The standard InChI is InChI=1S/C27H26F3N7/c1-16(35-21-5-3-4-6-21)22-12-20(27(28,29)30)15-34-25(22)32-13-17-7-9-18(10-8-17)19-11-23-24(31-2)36-37-26(23)33-14-19/h7-12,14-15,21,35H,1-6,13H2,(H,32,34)(H,33,36,37). The highest BCUT2D eigenvalue weighted by molar-refractivity contribution is 5.89. The molecule has 1 saturated carbocycles. The van der Waals surface area contributed by atoms with Crippen molar-refractivity contribution in [1.82, 2.24) is 25.5 Å². The molecule has 4 aromatic rings. The molecule has 0 atom stereocenters. The third-order valence-electron chi connectivity index (χ3n) is 6.57. The number of hydrogen-bond acceptors (Lipinski definition) is 6. The Morgan fingerprint density at radius 1 is 1.05 bits per heavy atom. The highest BCUT2D eigenvalue weighted by Gasteiger charge is 2.32. The number of fused-ring (bicyclic) bond motifs is 1. The summed E-state index contributed by atoms with van der Waals surface area (Å²) in [5.41, 5.74) is 3.40. The monoisotopic (exact) mass is 505 g/mol. The van der Waals surface area contributed by atoms with Gasteiger partial charge in [-0.25, -0.2) is 15.0 Å². The molecule has 7 nitrogen and oxygen atoms in total. The first-order valence-electron chi connectivity index (χ1n) is 12.0. The number of alkyl halides is 3.